The zero-order chi connectivity index (χ0) is 21.6. The lowest BCUT2D eigenvalue weighted by Gasteiger charge is -2.21. The van der Waals surface area contributed by atoms with Crippen LogP contribution in [0.4, 0.5) is 10.2 Å². The Morgan fingerprint density at radius 2 is 2.32 bits per heavy atom. The Kier molecular flexibility index (Phi) is 7.09. The summed E-state index contributed by atoms with van der Waals surface area (Å²) in [6.45, 7) is 5.53. The Morgan fingerprint density at radius 1 is 1.42 bits per heavy atom. The number of rotatable bonds is 6. The summed E-state index contributed by atoms with van der Waals surface area (Å²) in [7, 11) is 0. The summed E-state index contributed by atoms with van der Waals surface area (Å²) in [6, 6.07) is 6.91. The van der Waals surface area contributed by atoms with Gasteiger partial charge in [-0.15, -0.1) is 0 Å². The number of hydrogen-bond acceptors (Lipinski definition) is 5. The number of aliphatic imine (C=N–C) groups is 1. The fourth-order valence-corrected chi connectivity index (χ4v) is 4.17. The molecule has 7 nitrogen and oxygen atoms in total. The molecule has 166 valence electrons. The molecule has 9 heteroatoms. The number of fused-ring (bicyclic) bond motifs is 1. The van der Waals surface area contributed by atoms with Crippen LogP contribution in [0.25, 0.3) is 0 Å². The summed E-state index contributed by atoms with van der Waals surface area (Å²) < 4.78 is 24.8. The summed E-state index contributed by atoms with van der Waals surface area (Å²) in [5, 5.41) is 7.45. The van der Waals surface area contributed by atoms with Crippen LogP contribution in [-0.4, -0.2) is 50.0 Å². The molecule has 2 aliphatic rings. The molecule has 0 aliphatic carbocycles. The molecule has 1 aromatic heterocycles. The second kappa shape index (κ2) is 10.2. The lowest BCUT2D eigenvalue weighted by atomic mass is 10.1. The monoisotopic (exact) mass is 447 g/mol. The quantitative estimate of drug-likeness (QED) is 0.523. The zero-order valence-electron chi connectivity index (χ0n) is 17.5. The Labute approximate surface area is 186 Å². The molecule has 1 aromatic carbocycles. The van der Waals surface area contributed by atoms with E-state index in [0.717, 1.165) is 54.7 Å². The molecule has 0 radical (unpaired) electrons. The van der Waals surface area contributed by atoms with Crippen molar-refractivity contribution in [3.63, 3.8) is 0 Å². The summed E-state index contributed by atoms with van der Waals surface area (Å²) >= 11 is 6.29. The highest BCUT2D eigenvalue weighted by Crippen LogP contribution is 2.30. The molecule has 2 N–H and O–H groups in total. The predicted molar refractivity (Wildman–Crippen MR) is 119 cm³/mol. The predicted octanol–water partition coefficient (Wildman–Crippen LogP) is 3.12. The van der Waals surface area contributed by atoms with Crippen LogP contribution in [0.3, 0.4) is 0 Å². The van der Waals surface area contributed by atoms with Crippen LogP contribution in [0.15, 0.2) is 35.5 Å². The van der Waals surface area contributed by atoms with Gasteiger partial charge in [0.05, 0.1) is 11.6 Å². The van der Waals surface area contributed by atoms with Crippen LogP contribution in [-0.2, 0) is 17.8 Å². The Morgan fingerprint density at radius 3 is 3.16 bits per heavy atom. The molecule has 0 saturated carbocycles. The molecule has 0 spiro atoms. The van der Waals surface area contributed by atoms with Gasteiger partial charge in [0.1, 0.15) is 17.4 Å². The third-order valence-corrected chi connectivity index (χ3v) is 5.61. The zero-order valence-corrected chi connectivity index (χ0v) is 18.3. The van der Waals surface area contributed by atoms with Gasteiger partial charge in [0.15, 0.2) is 12.8 Å². The van der Waals surface area contributed by atoms with Crippen molar-refractivity contribution in [3.8, 4) is 5.75 Å². The van der Waals surface area contributed by atoms with E-state index in [9.17, 15) is 4.39 Å². The topological polar surface area (TPSA) is 71.0 Å². The number of hydrogen-bond donors (Lipinski definition) is 2. The van der Waals surface area contributed by atoms with Gasteiger partial charge in [-0.3, -0.25) is 4.99 Å². The van der Waals surface area contributed by atoms with Gasteiger partial charge in [0.2, 0.25) is 0 Å². The van der Waals surface area contributed by atoms with Crippen molar-refractivity contribution in [2.75, 3.05) is 37.9 Å². The van der Waals surface area contributed by atoms with Crippen LogP contribution < -0.4 is 20.3 Å². The van der Waals surface area contributed by atoms with Gasteiger partial charge in [-0.2, -0.15) is 0 Å². The normalized spacial score (nSPS) is 18.5. The van der Waals surface area contributed by atoms with Crippen molar-refractivity contribution in [3.05, 3.63) is 52.4 Å². The number of ether oxygens (including phenoxy) is 2. The lowest BCUT2D eigenvalue weighted by Crippen LogP contribution is -2.44. The first-order valence-electron chi connectivity index (χ1n) is 10.6. The van der Waals surface area contributed by atoms with Gasteiger partial charge >= 0.3 is 0 Å². The SMILES string of the molecule is CCNC(=NCCc1cc(F)cc2c1OCOC2)NC1CCN(c2ncccc2Cl)C1. The van der Waals surface area contributed by atoms with Crippen molar-refractivity contribution < 1.29 is 13.9 Å². The summed E-state index contributed by atoms with van der Waals surface area (Å²) in [5.74, 6) is 2.00. The highest BCUT2D eigenvalue weighted by atomic mass is 35.5. The van der Waals surface area contributed by atoms with E-state index in [-0.39, 0.29) is 18.7 Å². The van der Waals surface area contributed by atoms with Crippen molar-refractivity contribution in [1.82, 2.24) is 15.6 Å². The van der Waals surface area contributed by atoms with Crippen molar-refractivity contribution in [2.45, 2.75) is 32.4 Å². The van der Waals surface area contributed by atoms with E-state index in [1.54, 1.807) is 6.20 Å². The van der Waals surface area contributed by atoms with Crippen LogP contribution in [0.1, 0.15) is 24.5 Å². The van der Waals surface area contributed by atoms with E-state index in [1.807, 2.05) is 19.1 Å². The Hall–Kier alpha value is -2.58. The summed E-state index contributed by atoms with van der Waals surface area (Å²) in [4.78, 5) is 11.3. The largest absolute Gasteiger partial charge is 0.467 e. The molecule has 1 unspecified atom stereocenters. The first kappa shape index (κ1) is 21.6. The Bertz CT molecular complexity index is 942. The molecule has 0 amide bonds. The second-order valence-electron chi connectivity index (χ2n) is 7.56. The highest BCUT2D eigenvalue weighted by molar-refractivity contribution is 6.32. The van der Waals surface area contributed by atoms with Gasteiger partial charge in [-0.1, -0.05) is 11.6 Å². The average Bonchev–Trinajstić information content (AvgIpc) is 3.22. The number of pyridine rings is 1. The first-order valence-corrected chi connectivity index (χ1v) is 10.9. The maximum atomic E-state index is 13.9. The number of halogens is 2. The highest BCUT2D eigenvalue weighted by Gasteiger charge is 2.25. The van der Waals surface area contributed by atoms with E-state index in [1.165, 1.54) is 12.1 Å². The van der Waals surface area contributed by atoms with E-state index in [0.29, 0.717) is 24.6 Å². The molecular weight excluding hydrogens is 421 g/mol. The second-order valence-corrected chi connectivity index (χ2v) is 7.97. The van der Waals surface area contributed by atoms with E-state index < -0.39 is 0 Å². The maximum absolute atomic E-state index is 13.9. The Balaban J connectivity index is 1.37. The molecule has 0 bridgehead atoms. The lowest BCUT2D eigenvalue weighted by molar-refractivity contribution is -0.0172. The standard InChI is InChI=1S/C22H27ClFN5O2/c1-2-25-22(28-18-6-9-29(12-18)21-19(23)4-3-7-26-21)27-8-5-15-10-17(24)11-16-13-30-14-31-20(15)16/h3-4,7,10-11,18H,2,5-6,8-9,12-14H2,1H3,(H2,25,27,28). The molecule has 31 heavy (non-hydrogen) atoms. The number of guanidine groups is 1. The third-order valence-electron chi connectivity index (χ3n) is 5.31. The minimum absolute atomic E-state index is 0.192. The molecule has 2 aromatic rings. The smallest absolute Gasteiger partial charge is 0.191 e. The van der Waals surface area contributed by atoms with Crippen molar-refractivity contribution in [2.24, 2.45) is 4.99 Å². The van der Waals surface area contributed by atoms with Gasteiger partial charge < -0.3 is 25.0 Å². The summed E-state index contributed by atoms with van der Waals surface area (Å²) in [6.07, 6.45) is 3.30. The number of nitrogens with one attached hydrogen (secondary N) is 2. The number of aromatic nitrogens is 1. The van der Waals surface area contributed by atoms with Gasteiger partial charge in [-0.05, 0) is 49.6 Å². The molecular formula is C22H27ClFN5O2. The van der Waals surface area contributed by atoms with Crippen LogP contribution in [0, 0.1) is 5.82 Å². The van der Waals surface area contributed by atoms with Crippen LogP contribution >= 0.6 is 11.6 Å². The first-order chi connectivity index (χ1) is 15.1. The van der Waals surface area contributed by atoms with Crippen molar-refractivity contribution in [1.29, 1.82) is 0 Å². The van der Waals surface area contributed by atoms with Gasteiger partial charge in [0, 0.05) is 44.0 Å². The minimum atomic E-state index is -0.281. The molecule has 3 heterocycles. The van der Waals surface area contributed by atoms with Gasteiger partial charge in [0.25, 0.3) is 0 Å². The molecule has 2 aliphatic heterocycles. The third kappa shape index (κ3) is 5.37. The molecule has 1 saturated heterocycles. The number of anilines is 1. The van der Waals surface area contributed by atoms with E-state index in [2.05, 4.69) is 20.5 Å². The molecule has 1 fully saturated rings. The fraction of sp³-hybridized carbons (Fsp3) is 0.455. The fourth-order valence-electron chi connectivity index (χ4n) is 3.92. The molecule has 1 atom stereocenters. The number of nitrogens with zero attached hydrogens (tertiary/aromatic N) is 3. The minimum Gasteiger partial charge on any atom is -0.467 e. The van der Waals surface area contributed by atoms with E-state index in [4.69, 9.17) is 26.1 Å². The number of benzene rings is 1. The van der Waals surface area contributed by atoms with E-state index >= 15 is 0 Å². The maximum Gasteiger partial charge on any atom is 0.191 e. The average molecular weight is 448 g/mol. The van der Waals surface area contributed by atoms with Gasteiger partial charge in [-0.25, -0.2) is 9.37 Å². The molecule has 4 rings (SSSR count). The van der Waals surface area contributed by atoms with Crippen LogP contribution in [0.5, 0.6) is 5.75 Å². The van der Waals surface area contributed by atoms with Crippen molar-refractivity contribution >= 4 is 23.4 Å². The van der Waals surface area contributed by atoms with Crippen LogP contribution in [0.2, 0.25) is 5.02 Å². The summed E-state index contributed by atoms with van der Waals surface area (Å²) in [5.41, 5.74) is 1.56.